The summed E-state index contributed by atoms with van der Waals surface area (Å²) in [5, 5.41) is 5.31. The van der Waals surface area contributed by atoms with Crippen molar-refractivity contribution in [3.05, 3.63) is 42.5 Å². The molecular formula is C16H23N3O3S. The summed E-state index contributed by atoms with van der Waals surface area (Å²) in [5.41, 5.74) is 0.844. The Morgan fingerprint density at radius 3 is 2.39 bits per heavy atom. The number of rotatable bonds is 6. The third-order valence-corrected chi connectivity index (χ3v) is 5.65. The van der Waals surface area contributed by atoms with E-state index in [4.69, 9.17) is 0 Å². The molecule has 0 saturated carbocycles. The van der Waals surface area contributed by atoms with Gasteiger partial charge in [-0.1, -0.05) is 24.6 Å². The molecule has 7 heteroatoms. The van der Waals surface area contributed by atoms with Crippen molar-refractivity contribution in [1.82, 2.24) is 14.9 Å². The summed E-state index contributed by atoms with van der Waals surface area (Å²) in [6.07, 6.45) is 4.52. The SMILES string of the molecule is C=CCNC(=O)NCc1ccc(S(=O)(=O)N2CCCCC2)cc1. The number of piperidine rings is 1. The first kappa shape index (κ1) is 17.5. The molecule has 0 spiro atoms. The molecule has 1 saturated heterocycles. The van der Waals surface area contributed by atoms with Gasteiger partial charge in [0, 0.05) is 26.2 Å². The Morgan fingerprint density at radius 1 is 1.13 bits per heavy atom. The van der Waals surface area contributed by atoms with E-state index < -0.39 is 10.0 Å². The number of benzene rings is 1. The van der Waals surface area contributed by atoms with Gasteiger partial charge in [-0.2, -0.15) is 4.31 Å². The third kappa shape index (κ3) is 4.80. The second-order valence-electron chi connectivity index (χ2n) is 5.46. The molecule has 0 radical (unpaired) electrons. The molecule has 2 amide bonds. The summed E-state index contributed by atoms with van der Waals surface area (Å²) in [7, 11) is -3.40. The molecule has 6 nitrogen and oxygen atoms in total. The first-order valence-corrected chi connectivity index (χ1v) is 9.20. The monoisotopic (exact) mass is 337 g/mol. The molecule has 0 atom stereocenters. The number of carbonyl (C=O) groups is 1. The van der Waals surface area contributed by atoms with Crippen molar-refractivity contribution in [2.24, 2.45) is 0 Å². The maximum atomic E-state index is 12.5. The summed E-state index contributed by atoms with van der Waals surface area (Å²) in [6, 6.07) is 6.37. The standard InChI is InChI=1S/C16H23N3O3S/c1-2-10-17-16(20)18-13-14-6-8-15(9-7-14)23(21,22)19-11-4-3-5-12-19/h2,6-9H,1,3-5,10-13H2,(H2,17,18,20). The van der Waals surface area contributed by atoms with E-state index in [1.807, 2.05) is 0 Å². The van der Waals surface area contributed by atoms with E-state index >= 15 is 0 Å². The van der Waals surface area contributed by atoms with Crippen molar-refractivity contribution < 1.29 is 13.2 Å². The summed E-state index contributed by atoms with van der Waals surface area (Å²) in [5.74, 6) is 0. The van der Waals surface area contributed by atoms with Crippen LogP contribution >= 0.6 is 0 Å². The van der Waals surface area contributed by atoms with Crippen molar-refractivity contribution in [3.8, 4) is 0 Å². The average Bonchev–Trinajstić information content (AvgIpc) is 2.59. The predicted octanol–water partition coefficient (Wildman–Crippen LogP) is 1.85. The molecule has 1 fully saturated rings. The Balaban J connectivity index is 1.96. The molecule has 1 aromatic carbocycles. The van der Waals surface area contributed by atoms with E-state index in [0.717, 1.165) is 24.8 Å². The highest BCUT2D eigenvalue weighted by molar-refractivity contribution is 7.89. The smallest absolute Gasteiger partial charge is 0.315 e. The van der Waals surface area contributed by atoms with E-state index in [0.29, 0.717) is 31.1 Å². The number of urea groups is 1. The van der Waals surface area contributed by atoms with Gasteiger partial charge in [-0.05, 0) is 30.5 Å². The number of nitrogens with one attached hydrogen (secondary N) is 2. The van der Waals surface area contributed by atoms with Crippen LogP contribution in [0.1, 0.15) is 24.8 Å². The molecule has 0 aliphatic carbocycles. The van der Waals surface area contributed by atoms with Crippen LogP contribution in [-0.2, 0) is 16.6 Å². The minimum Gasteiger partial charge on any atom is -0.335 e. The van der Waals surface area contributed by atoms with Crippen LogP contribution in [-0.4, -0.2) is 38.4 Å². The maximum Gasteiger partial charge on any atom is 0.315 e. The van der Waals surface area contributed by atoms with Crippen molar-refractivity contribution in [2.75, 3.05) is 19.6 Å². The van der Waals surface area contributed by atoms with Gasteiger partial charge in [0.2, 0.25) is 10.0 Å². The summed E-state index contributed by atoms with van der Waals surface area (Å²) >= 11 is 0. The lowest BCUT2D eigenvalue weighted by molar-refractivity contribution is 0.241. The summed E-state index contributed by atoms with van der Waals surface area (Å²) < 4.78 is 26.6. The van der Waals surface area contributed by atoms with Crippen LogP contribution in [0.15, 0.2) is 41.8 Å². The van der Waals surface area contributed by atoms with Crippen LogP contribution in [0.4, 0.5) is 4.79 Å². The number of hydrogen-bond acceptors (Lipinski definition) is 3. The zero-order chi connectivity index (χ0) is 16.7. The molecule has 0 aromatic heterocycles. The lowest BCUT2D eigenvalue weighted by Gasteiger charge is -2.25. The molecule has 126 valence electrons. The van der Waals surface area contributed by atoms with E-state index in [1.165, 1.54) is 0 Å². The molecule has 0 bridgehead atoms. The van der Waals surface area contributed by atoms with Gasteiger partial charge in [-0.25, -0.2) is 13.2 Å². The number of sulfonamides is 1. The van der Waals surface area contributed by atoms with Crippen molar-refractivity contribution in [2.45, 2.75) is 30.7 Å². The number of amides is 2. The molecular weight excluding hydrogens is 314 g/mol. The molecule has 1 aliphatic heterocycles. The van der Waals surface area contributed by atoms with Gasteiger partial charge in [0.1, 0.15) is 0 Å². The Hall–Kier alpha value is -1.86. The second kappa shape index (κ2) is 8.12. The zero-order valence-corrected chi connectivity index (χ0v) is 13.9. The summed E-state index contributed by atoms with van der Waals surface area (Å²) in [4.78, 5) is 11.7. The van der Waals surface area contributed by atoms with Gasteiger partial charge in [0.25, 0.3) is 0 Å². The van der Waals surface area contributed by atoms with Crippen LogP contribution in [0.3, 0.4) is 0 Å². The average molecular weight is 337 g/mol. The zero-order valence-electron chi connectivity index (χ0n) is 13.1. The maximum absolute atomic E-state index is 12.5. The minimum atomic E-state index is -3.40. The highest BCUT2D eigenvalue weighted by atomic mass is 32.2. The van der Waals surface area contributed by atoms with E-state index in [2.05, 4.69) is 17.2 Å². The number of hydrogen-bond donors (Lipinski definition) is 2. The van der Waals surface area contributed by atoms with Gasteiger partial charge in [-0.3, -0.25) is 0 Å². The van der Waals surface area contributed by atoms with E-state index in [-0.39, 0.29) is 6.03 Å². The lowest BCUT2D eigenvalue weighted by Crippen LogP contribution is -2.35. The Kier molecular flexibility index (Phi) is 6.18. The van der Waals surface area contributed by atoms with Crippen LogP contribution in [0.25, 0.3) is 0 Å². The van der Waals surface area contributed by atoms with Gasteiger partial charge >= 0.3 is 6.03 Å². The molecule has 2 rings (SSSR count). The second-order valence-corrected chi connectivity index (χ2v) is 7.40. The van der Waals surface area contributed by atoms with Gasteiger partial charge < -0.3 is 10.6 Å². The number of carbonyl (C=O) groups excluding carboxylic acids is 1. The Labute approximate surface area is 137 Å². The van der Waals surface area contributed by atoms with Crippen LogP contribution in [0.2, 0.25) is 0 Å². The van der Waals surface area contributed by atoms with E-state index in [1.54, 1.807) is 34.6 Å². The molecule has 1 heterocycles. The molecule has 23 heavy (non-hydrogen) atoms. The topological polar surface area (TPSA) is 78.5 Å². The highest BCUT2D eigenvalue weighted by Gasteiger charge is 2.25. The predicted molar refractivity (Wildman–Crippen MR) is 89.5 cm³/mol. The third-order valence-electron chi connectivity index (χ3n) is 3.74. The first-order chi connectivity index (χ1) is 11.0. The van der Waals surface area contributed by atoms with Gasteiger partial charge in [0.15, 0.2) is 0 Å². The minimum absolute atomic E-state index is 0.282. The molecule has 2 N–H and O–H groups in total. The highest BCUT2D eigenvalue weighted by Crippen LogP contribution is 2.20. The first-order valence-electron chi connectivity index (χ1n) is 7.76. The van der Waals surface area contributed by atoms with Crippen molar-refractivity contribution in [3.63, 3.8) is 0 Å². The fraction of sp³-hybridized carbons (Fsp3) is 0.438. The van der Waals surface area contributed by atoms with Crippen molar-refractivity contribution >= 4 is 16.1 Å². The molecule has 1 aliphatic rings. The lowest BCUT2D eigenvalue weighted by atomic mass is 10.2. The Morgan fingerprint density at radius 2 is 1.78 bits per heavy atom. The van der Waals surface area contributed by atoms with Crippen molar-refractivity contribution in [1.29, 1.82) is 0 Å². The van der Waals surface area contributed by atoms with Crippen LogP contribution < -0.4 is 10.6 Å². The molecule has 0 unspecified atom stereocenters. The normalized spacial score (nSPS) is 15.8. The van der Waals surface area contributed by atoms with Gasteiger partial charge in [0.05, 0.1) is 4.90 Å². The van der Waals surface area contributed by atoms with E-state index in [9.17, 15) is 13.2 Å². The summed E-state index contributed by atoms with van der Waals surface area (Å²) in [6.45, 7) is 5.45. The van der Waals surface area contributed by atoms with Crippen LogP contribution in [0, 0.1) is 0 Å². The Bertz CT molecular complexity index is 635. The molecule has 1 aromatic rings. The fourth-order valence-electron chi connectivity index (χ4n) is 2.44. The number of nitrogens with zero attached hydrogens (tertiary/aromatic N) is 1. The van der Waals surface area contributed by atoms with Crippen LogP contribution in [0.5, 0.6) is 0 Å². The van der Waals surface area contributed by atoms with Gasteiger partial charge in [-0.15, -0.1) is 6.58 Å². The quantitative estimate of drug-likeness (QED) is 0.778. The fourth-order valence-corrected chi connectivity index (χ4v) is 3.96. The largest absolute Gasteiger partial charge is 0.335 e.